The first-order chi connectivity index (χ1) is 13.4. The van der Waals surface area contributed by atoms with E-state index in [1.54, 1.807) is 30.1 Å². The van der Waals surface area contributed by atoms with Crippen LogP contribution in [0.2, 0.25) is 5.02 Å². The molecule has 0 radical (unpaired) electrons. The lowest BCUT2D eigenvalue weighted by Crippen LogP contribution is -2.43. The minimum atomic E-state index is -0.245. The molecule has 0 fully saturated rings. The molecule has 1 N–H and O–H groups in total. The summed E-state index contributed by atoms with van der Waals surface area (Å²) in [7, 11) is 3.28. The van der Waals surface area contributed by atoms with Crippen LogP contribution in [0.4, 0.5) is 11.4 Å². The van der Waals surface area contributed by atoms with Gasteiger partial charge in [-0.15, -0.1) is 0 Å². The Labute approximate surface area is 170 Å². The van der Waals surface area contributed by atoms with Gasteiger partial charge in [-0.2, -0.15) is 0 Å². The summed E-state index contributed by atoms with van der Waals surface area (Å²) in [6, 6.07) is 13.1. The predicted octanol–water partition coefficient (Wildman–Crippen LogP) is 3.20. The second-order valence-electron chi connectivity index (χ2n) is 7.01. The highest BCUT2D eigenvalue weighted by atomic mass is 35.5. The molecule has 0 aliphatic carbocycles. The zero-order chi connectivity index (χ0) is 20.3. The van der Waals surface area contributed by atoms with Crippen molar-refractivity contribution >= 4 is 34.8 Å². The summed E-state index contributed by atoms with van der Waals surface area (Å²) in [6.07, 6.45) is 0.848. The third-order valence-electron chi connectivity index (χ3n) is 4.73. The Morgan fingerprint density at radius 3 is 2.75 bits per heavy atom. The van der Waals surface area contributed by atoms with Crippen LogP contribution in [0.5, 0.6) is 5.75 Å². The van der Waals surface area contributed by atoms with Gasteiger partial charge in [-0.05, 0) is 50.2 Å². The number of para-hydroxylation sites is 1. The topological polar surface area (TPSA) is 61.9 Å². The van der Waals surface area contributed by atoms with Gasteiger partial charge in [0.15, 0.2) is 0 Å². The molecule has 7 heteroatoms. The van der Waals surface area contributed by atoms with Gasteiger partial charge in [0.25, 0.3) is 0 Å². The summed E-state index contributed by atoms with van der Waals surface area (Å²) >= 11 is 5.99. The van der Waals surface area contributed by atoms with E-state index in [0.717, 1.165) is 12.1 Å². The maximum absolute atomic E-state index is 12.8. The summed E-state index contributed by atoms with van der Waals surface area (Å²) in [6.45, 7) is 2.26. The van der Waals surface area contributed by atoms with Crippen LogP contribution < -0.4 is 15.0 Å². The Morgan fingerprint density at radius 2 is 2.00 bits per heavy atom. The number of halogens is 1. The molecule has 0 saturated carbocycles. The Hall–Kier alpha value is -2.57. The van der Waals surface area contributed by atoms with Crippen molar-refractivity contribution in [3.05, 3.63) is 53.1 Å². The number of nitrogens with one attached hydrogen (secondary N) is 1. The van der Waals surface area contributed by atoms with E-state index in [-0.39, 0.29) is 30.9 Å². The fourth-order valence-electron chi connectivity index (χ4n) is 3.52. The van der Waals surface area contributed by atoms with Crippen LogP contribution in [-0.2, 0) is 16.0 Å². The molecule has 1 heterocycles. The van der Waals surface area contributed by atoms with Crippen molar-refractivity contribution in [3.8, 4) is 5.75 Å². The molecule has 0 saturated heterocycles. The van der Waals surface area contributed by atoms with Crippen LogP contribution in [0.25, 0.3) is 0 Å². The van der Waals surface area contributed by atoms with Gasteiger partial charge in [-0.25, -0.2) is 0 Å². The quantitative estimate of drug-likeness (QED) is 0.807. The van der Waals surface area contributed by atoms with Crippen LogP contribution >= 0.6 is 11.6 Å². The van der Waals surface area contributed by atoms with Crippen molar-refractivity contribution in [3.63, 3.8) is 0 Å². The van der Waals surface area contributed by atoms with E-state index in [9.17, 15) is 9.59 Å². The maximum atomic E-state index is 12.8. The van der Waals surface area contributed by atoms with Gasteiger partial charge in [-0.1, -0.05) is 29.8 Å². The molecule has 148 valence electrons. The molecule has 28 heavy (non-hydrogen) atoms. The van der Waals surface area contributed by atoms with Gasteiger partial charge < -0.3 is 15.0 Å². The summed E-state index contributed by atoms with van der Waals surface area (Å²) in [5.74, 6) is 0.262. The van der Waals surface area contributed by atoms with Crippen molar-refractivity contribution in [1.82, 2.24) is 4.90 Å². The summed E-state index contributed by atoms with van der Waals surface area (Å²) in [5, 5.41) is 3.29. The molecule has 2 aromatic rings. The molecule has 3 rings (SSSR count). The standard InChI is InChI=1S/C21H24ClN3O3/c1-14-10-15-6-4-5-7-18(15)25(14)21(27)13-24(2)12-20(26)23-17-11-16(22)8-9-19(17)28-3/h4-9,11,14H,10,12-13H2,1-3H3,(H,23,26)/t14-/m0/s1. The smallest absolute Gasteiger partial charge is 0.241 e. The highest BCUT2D eigenvalue weighted by molar-refractivity contribution is 6.31. The fourth-order valence-corrected chi connectivity index (χ4v) is 3.69. The minimum Gasteiger partial charge on any atom is -0.495 e. The fraction of sp³-hybridized carbons (Fsp3) is 0.333. The Kier molecular flexibility index (Phi) is 6.21. The Morgan fingerprint density at radius 1 is 1.25 bits per heavy atom. The average Bonchev–Trinajstić information content (AvgIpc) is 2.97. The summed E-state index contributed by atoms with van der Waals surface area (Å²) in [5.41, 5.74) is 2.64. The van der Waals surface area contributed by atoms with E-state index < -0.39 is 0 Å². The SMILES string of the molecule is COc1ccc(Cl)cc1NC(=O)CN(C)CC(=O)N1c2ccccc2C[C@@H]1C. The lowest BCUT2D eigenvalue weighted by molar-refractivity contribution is -0.121. The van der Waals surface area contributed by atoms with E-state index in [4.69, 9.17) is 16.3 Å². The van der Waals surface area contributed by atoms with Gasteiger partial charge in [0, 0.05) is 16.8 Å². The number of methoxy groups -OCH3 is 1. The van der Waals surface area contributed by atoms with Crippen LogP contribution in [0.15, 0.2) is 42.5 Å². The van der Waals surface area contributed by atoms with Gasteiger partial charge in [0.05, 0.1) is 25.9 Å². The molecular weight excluding hydrogens is 378 g/mol. The number of amides is 2. The third kappa shape index (κ3) is 4.46. The van der Waals surface area contributed by atoms with Crippen LogP contribution in [-0.4, -0.2) is 50.0 Å². The lowest BCUT2D eigenvalue weighted by Gasteiger charge is -2.25. The highest BCUT2D eigenvalue weighted by Gasteiger charge is 2.30. The number of fused-ring (bicyclic) bond motifs is 1. The molecule has 6 nitrogen and oxygen atoms in total. The normalized spacial score (nSPS) is 15.5. The molecule has 1 atom stereocenters. The first kappa shape index (κ1) is 20.2. The number of nitrogens with zero attached hydrogens (tertiary/aromatic N) is 2. The number of carbonyl (C=O) groups excluding carboxylic acids is 2. The monoisotopic (exact) mass is 401 g/mol. The van der Waals surface area contributed by atoms with Gasteiger partial charge in [0.1, 0.15) is 5.75 Å². The van der Waals surface area contributed by atoms with Crippen LogP contribution in [0, 0.1) is 0 Å². The summed E-state index contributed by atoms with van der Waals surface area (Å²) < 4.78 is 5.24. The van der Waals surface area contributed by atoms with E-state index in [1.807, 2.05) is 30.0 Å². The predicted molar refractivity (Wildman–Crippen MR) is 111 cm³/mol. The van der Waals surface area contributed by atoms with Gasteiger partial charge in [-0.3, -0.25) is 14.5 Å². The van der Waals surface area contributed by atoms with E-state index in [1.165, 1.54) is 12.7 Å². The van der Waals surface area contributed by atoms with E-state index in [2.05, 4.69) is 11.4 Å². The minimum absolute atomic E-state index is 0.0203. The first-order valence-electron chi connectivity index (χ1n) is 9.11. The number of carbonyl (C=O) groups is 2. The van der Waals surface area contributed by atoms with Crippen molar-refractivity contribution in [2.24, 2.45) is 0 Å². The van der Waals surface area contributed by atoms with E-state index in [0.29, 0.717) is 16.5 Å². The van der Waals surface area contributed by atoms with Crippen molar-refractivity contribution in [2.45, 2.75) is 19.4 Å². The molecule has 0 spiro atoms. The molecule has 0 unspecified atom stereocenters. The number of hydrogen-bond donors (Lipinski definition) is 1. The largest absolute Gasteiger partial charge is 0.495 e. The van der Waals surface area contributed by atoms with E-state index >= 15 is 0 Å². The maximum Gasteiger partial charge on any atom is 0.241 e. The van der Waals surface area contributed by atoms with Gasteiger partial charge in [0.2, 0.25) is 11.8 Å². The number of rotatable bonds is 6. The second kappa shape index (κ2) is 8.63. The number of likely N-dealkylation sites (N-methyl/N-ethyl adjacent to an activating group) is 1. The Balaban J connectivity index is 1.60. The van der Waals surface area contributed by atoms with Gasteiger partial charge >= 0.3 is 0 Å². The van der Waals surface area contributed by atoms with Crippen molar-refractivity contribution < 1.29 is 14.3 Å². The lowest BCUT2D eigenvalue weighted by atomic mass is 10.1. The average molecular weight is 402 g/mol. The number of ether oxygens (including phenoxy) is 1. The van der Waals surface area contributed by atoms with Crippen molar-refractivity contribution in [1.29, 1.82) is 0 Å². The van der Waals surface area contributed by atoms with Crippen LogP contribution in [0.3, 0.4) is 0 Å². The molecule has 1 aliphatic heterocycles. The highest BCUT2D eigenvalue weighted by Crippen LogP contribution is 2.32. The molecule has 1 aliphatic rings. The van der Waals surface area contributed by atoms with Crippen molar-refractivity contribution in [2.75, 3.05) is 37.5 Å². The Bertz CT molecular complexity index is 887. The molecule has 2 aromatic carbocycles. The first-order valence-corrected chi connectivity index (χ1v) is 9.48. The zero-order valence-corrected chi connectivity index (χ0v) is 17.0. The molecule has 0 aromatic heterocycles. The number of hydrogen-bond acceptors (Lipinski definition) is 4. The number of anilines is 2. The molecule has 2 amide bonds. The number of benzene rings is 2. The summed E-state index contributed by atoms with van der Waals surface area (Å²) in [4.78, 5) is 28.7. The zero-order valence-electron chi connectivity index (χ0n) is 16.2. The third-order valence-corrected chi connectivity index (χ3v) is 4.97. The molecule has 0 bridgehead atoms. The second-order valence-corrected chi connectivity index (χ2v) is 7.45. The van der Waals surface area contributed by atoms with Crippen LogP contribution in [0.1, 0.15) is 12.5 Å². The molecular formula is C21H24ClN3O3.